The molecule has 0 spiro atoms. The summed E-state index contributed by atoms with van der Waals surface area (Å²) in [5.41, 5.74) is 4.48. The Balaban J connectivity index is 3.35. The van der Waals surface area contributed by atoms with Crippen molar-refractivity contribution in [3.63, 3.8) is 0 Å². The molecule has 0 saturated carbocycles. The lowest BCUT2D eigenvalue weighted by molar-refractivity contribution is 1.25. The first-order valence-electron chi connectivity index (χ1n) is 3.86. The van der Waals surface area contributed by atoms with Crippen molar-refractivity contribution in [1.82, 2.24) is 0 Å². The highest BCUT2D eigenvalue weighted by atomic mass is 14.7. The van der Waals surface area contributed by atoms with Gasteiger partial charge in [-0.25, -0.2) is 5.41 Å². The topological polar surface area (TPSA) is 36.2 Å². The Bertz CT molecular complexity index is 347. The predicted octanol–water partition coefficient (Wildman–Crippen LogP) is 3.00. The first-order chi connectivity index (χ1) is 5.66. The van der Waals surface area contributed by atoms with Crippen molar-refractivity contribution >= 4 is 11.7 Å². The summed E-state index contributed by atoms with van der Waals surface area (Å²) in [5.74, 6) is 0. The van der Waals surface area contributed by atoms with Gasteiger partial charge < -0.3 is 0 Å². The molecule has 0 aromatic heterocycles. The Morgan fingerprint density at radius 2 is 1.83 bits per heavy atom. The fraction of sp³-hybridized carbons (Fsp3) is 0.300. The van der Waals surface area contributed by atoms with Crippen LogP contribution in [0.5, 0.6) is 0 Å². The van der Waals surface area contributed by atoms with Crippen LogP contribution in [0.15, 0.2) is 17.1 Å². The summed E-state index contributed by atoms with van der Waals surface area (Å²) in [6, 6.07) is 5.97. The van der Waals surface area contributed by atoms with Gasteiger partial charge in [0.25, 0.3) is 0 Å². The van der Waals surface area contributed by atoms with E-state index in [1.165, 1.54) is 11.1 Å². The van der Waals surface area contributed by atoms with Crippen LogP contribution in [0.4, 0.5) is 5.69 Å². The number of nitrogens with one attached hydrogen (secondary N) is 1. The van der Waals surface area contributed by atoms with E-state index in [-0.39, 0.29) is 0 Å². The molecule has 1 rings (SSSR count). The molecule has 0 fully saturated rings. The van der Waals surface area contributed by atoms with E-state index >= 15 is 0 Å². The molecule has 1 aromatic rings. The molecular formula is C10H12N2. The minimum Gasteiger partial charge on any atom is -0.241 e. The van der Waals surface area contributed by atoms with Gasteiger partial charge >= 0.3 is 0 Å². The van der Waals surface area contributed by atoms with Crippen molar-refractivity contribution in [3.8, 4) is 0 Å². The summed E-state index contributed by atoms with van der Waals surface area (Å²) < 4.78 is 0. The number of nitrogens with zero attached hydrogens (tertiary/aromatic N) is 1. The molecule has 0 aliphatic heterocycles. The number of hydrogen-bond donors (Lipinski definition) is 1. The fourth-order valence-electron chi connectivity index (χ4n) is 1.12. The molecular weight excluding hydrogens is 148 g/mol. The van der Waals surface area contributed by atoms with E-state index in [1.807, 2.05) is 25.1 Å². The van der Waals surface area contributed by atoms with Crippen molar-refractivity contribution in [3.05, 3.63) is 28.8 Å². The van der Waals surface area contributed by atoms with Crippen LogP contribution in [-0.2, 0) is 0 Å². The molecule has 0 radical (unpaired) electrons. The lowest BCUT2D eigenvalue weighted by atomic mass is 10.0. The maximum Gasteiger partial charge on any atom is 0.0918 e. The van der Waals surface area contributed by atoms with Gasteiger partial charge in [0.15, 0.2) is 0 Å². The first kappa shape index (κ1) is 8.69. The minimum atomic E-state index is 0.841. The third-order valence-electron chi connectivity index (χ3n) is 2.21. The average molecular weight is 160 g/mol. The summed E-state index contributed by atoms with van der Waals surface area (Å²) in [6.07, 6.45) is 0. The van der Waals surface area contributed by atoms with Gasteiger partial charge in [-0.05, 0) is 43.5 Å². The molecule has 1 N–H and O–H groups in total. The van der Waals surface area contributed by atoms with E-state index in [4.69, 9.17) is 5.41 Å². The van der Waals surface area contributed by atoms with Crippen molar-refractivity contribution < 1.29 is 0 Å². The Hall–Kier alpha value is -1.40. The van der Waals surface area contributed by atoms with Crippen LogP contribution in [0.1, 0.15) is 16.7 Å². The molecule has 2 nitrogen and oxygen atoms in total. The second kappa shape index (κ2) is 3.33. The average Bonchev–Trinajstić information content (AvgIpc) is 2.07. The highest BCUT2D eigenvalue weighted by Crippen LogP contribution is 2.23. The SMILES string of the molecule is Cc1ccc(N=C=N)c(C)c1C. The van der Waals surface area contributed by atoms with Crippen molar-refractivity contribution in [2.45, 2.75) is 20.8 Å². The predicted molar refractivity (Wildman–Crippen MR) is 50.5 cm³/mol. The van der Waals surface area contributed by atoms with Gasteiger partial charge in [-0.15, -0.1) is 0 Å². The number of rotatable bonds is 1. The fourth-order valence-corrected chi connectivity index (χ4v) is 1.12. The third-order valence-corrected chi connectivity index (χ3v) is 2.21. The lowest BCUT2D eigenvalue weighted by Gasteiger charge is -2.05. The summed E-state index contributed by atoms with van der Waals surface area (Å²) in [7, 11) is 0. The van der Waals surface area contributed by atoms with Crippen LogP contribution in [0.2, 0.25) is 0 Å². The lowest BCUT2D eigenvalue weighted by Crippen LogP contribution is -1.85. The zero-order chi connectivity index (χ0) is 9.14. The van der Waals surface area contributed by atoms with E-state index in [1.54, 1.807) is 0 Å². The molecule has 12 heavy (non-hydrogen) atoms. The van der Waals surface area contributed by atoms with E-state index in [9.17, 15) is 0 Å². The number of aryl methyl sites for hydroxylation is 1. The Kier molecular flexibility index (Phi) is 2.41. The molecule has 0 unspecified atom stereocenters. The highest BCUT2D eigenvalue weighted by molar-refractivity contribution is 5.57. The zero-order valence-corrected chi connectivity index (χ0v) is 7.60. The van der Waals surface area contributed by atoms with Crippen LogP contribution in [0.3, 0.4) is 0 Å². The van der Waals surface area contributed by atoms with E-state index in [0.29, 0.717) is 0 Å². The van der Waals surface area contributed by atoms with Crippen molar-refractivity contribution in [1.29, 1.82) is 5.41 Å². The van der Waals surface area contributed by atoms with Crippen molar-refractivity contribution in [2.24, 2.45) is 4.99 Å². The number of aliphatic imine (C=N–C) groups is 1. The van der Waals surface area contributed by atoms with Crippen LogP contribution >= 0.6 is 0 Å². The molecule has 0 atom stereocenters. The zero-order valence-electron chi connectivity index (χ0n) is 7.60. The summed E-state index contributed by atoms with van der Waals surface area (Å²) in [6.45, 7) is 6.15. The van der Waals surface area contributed by atoms with Gasteiger partial charge in [-0.2, -0.15) is 4.99 Å². The van der Waals surface area contributed by atoms with E-state index < -0.39 is 0 Å². The van der Waals surface area contributed by atoms with Gasteiger partial charge in [-0.3, -0.25) is 0 Å². The minimum absolute atomic E-state index is 0.841. The Labute approximate surface area is 72.5 Å². The largest absolute Gasteiger partial charge is 0.241 e. The summed E-state index contributed by atoms with van der Waals surface area (Å²) >= 11 is 0. The quantitative estimate of drug-likeness (QED) is 0.613. The van der Waals surface area contributed by atoms with Crippen LogP contribution in [0.25, 0.3) is 0 Å². The molecule has 1 aromatic carbocycles. The normalized spacial score (nSPS) is 9.25. The van der Waals surface area contributed by atoms with Gasteiger partial charge in [-0.1, -0.05) is 6.07 Å². The maximum absolute atomic E-state index is 6.74. The first-order valence-corrected chi connectivity index (χ1v) is 3.86. The van der Waals surface area contributed by atoms with Gasteiger partial charge in [0, 0.05) is 0 Å². The monoisotopic (exact) mass is 160 g/mol. The molecule has 0 bridgehead atoms. The van der Waals surface area contributed by atoms with Crippen LogP contribution in [0, 0.1) is 26.2 Å². The van der Waals surface area contributed by atoms with Gasteiger partial charge in [0.05, 0.1) is 11.7 Å². The molecule has 0 saturated heterocycles. The third kappa shape index (κ3) is 1.44. The molecule has 0 aliphatic carbocycles. The molecule has 0 amide bonds. The smallest absolute Gasteiger partial charge is 0.0918 e. The molecule has 62 valence electrons. The van der Waals surface area contributed by atoms with Crippen molar-refractivity contribution in [2.75, 3.05) is 0 Å². The molecule has 0 heterocycles. The van der Waals surface area contributed by atoms with Gasteiger partial charge in [0.2, 0.25) is 0 Å². The summed E-state index contributed by atoms with van der Waals surface area (Å²) in [4.78, 5) is 3.82. The second-order valence-electron chi connectivity index (χ2n) is 2.88. The van der Waals surface area contributed by atoms with Crippen LogP contribution in [-0.4, -0.2) is 6.01 Å². The molecule has 0 aliphatic rings. The van der Waals surface area contributed by atoms with E-state index in [2.05, 4.69) is 18.8 Å². The summed E-state index contributed by atoms with van der Waals surface area (Å²) in [5, 5.41) is 6.74. The standard InChI is InChI=1S/C10H12N2/c1-7-4-5-10(12-6-11)9(3)8(7)2/h4-5,11H,1-3H3. The highest BCUT2D eigenvalue weighted by Gasteiger charge is 2.00. The van der Waals surface area contributed by atoms with E-state index in [0.717, 1.165) is 11.3 Å². The Morgan fingerprint density at radius 3 is 2.42 bits per heavy atom. The molecule has 2 heteroatoms. The Morgan fingerprint density at radius 1 is 1.17 bits per heavy atom. The number of hydrogen-bond acceptors (Lipinski definition) is 2. The van der Waals surface area contributed by atoms with Gasteiger partial charge in [0.1, 0.15) is 0 Å². The number of benzene rings is 1. The maximum atomic E-state index is 6.74. The van der Waals surface area contributed by atoms with Crippen LogP contribution < -0.4 is 0 Å². The second-order valence-corrected chi connectivity index (χ2v) is 2.88.